The summed E-state index contributed by atoms with van der Waals surface area (Å²) >= 11 is 0. The zero-order valence-corrected chi connectivity index (χ0v) is 23.3. The summed E-state index contributed by atoms with van der Waals surface area (Å²) in [5.41, 5.74) is 1.22. The molecule has 1 aromatic carbocycles. The van der Waals surface area contributed by atoms with E-state index in [0.29, 0.717) is 31.7 Å². The van der Waals surface area contributed by atoms with E-state index in [9.17, 15) is 5.11 Å². The van der Waals surface area contributed by atoms with E-state index in [0.717, 1.165) is 51.4 Å². The Morgan fingerprint density at radius 3 is 2.44 bits per heavy atom. The highest BCUT2D eigenvalue weighted by Gasteiger charge is 2.60. The van der Waals surface area contributed by atoms with Gasteiger partial charge in [-0.2, -0.15) is 0 Å². The van der Waals surface area contributed by atoms with E-state index in [-0.39, 0.29) is 29.3 Å². The fourth-order valence-electron chi connectivity index (χ4n) is 6.95. The maximum Gasteiger partial charge on any atom is 0.171 e. The standard InChI is InChI=1S/C31H50O5/c1-23(33-22-24-11-7-6-8-12-24)10-9-13-27(32)16-14-26-20-30(5)25(21-31(26)34-18-19-35-31)15-17-28(30)36-29(2,3)4/h6-8,11-12,23,25-28,32H,9-10,13-22H2,1-5H3/t23-,25+,26-,27?,28+,30+/m1/s1. The quantitative estimate of drug-likeness (QED) is 0.367. The van der Waals surface area contributed by atoms with Gasteiger partial charge in [0, 0.05) is 12.3 Å². The second-order valence-electron chi connectivity index (χ2n) is 12.9. The Kier molecular flexibility index (Phi) is 9.21. The predicted molar refractivity (Wildman–Crippen MR) is 143 cm³/mol. The van der Waals surface area contributed by atoms with E-state index in [4.69, 9.17) is 18.9 Å². The molecule has 1 unspecified atom stereocenters. The molecule has 1 heterocycles. The Morgan fingerprint density at radius 1 is 1.03 bits per heavy atom. The molecular weight excluding hydrogens is 452 g/mol. The van der Waals surface area contributed by atoms with E-state index >= 15 is 0 Å². The normalized spacial score (nSPS) is 31.4. The van der Waals surface area contributed by atoms with Gasteiger partial charge >= 0.3 is 0 Å². The van der Waals surface area contributed by atoms with Gasteiger partial charge in [0.25, 0.3) is 0 Å². The fraction of sp³-hybridized carbons (Fsp3) is 0.806. The molecule has 5 heteroatoms. The summed E-state index contributed by atoms with van der Waals surface area (Å²) < 4.78 is 25.2. The average Bonchev–Trinajstić information content (AvgIpc) is 3.41. The Labute approximate surface area is 219 Å². The van der Waals surface area contributed by atoms with Crippen molar-refractivity contribution < 1.29 is 24.1 Å². The number of rotatable bonds is 11. The molecule has 1 saturated heterocycles. The second-order valence-corrected chi connectivity index (χ2v) is 12.9. The zero-order valence-electron chi connectivity index (χ0n) is 23.3. The van der Waals surface area contributed by atoms with Gasteiger partial charge < -0.3 is 24.1 Å². The molecule has 1 aliphatic heterocycles. The lowest BCUT2D eigenvalue weighted by Crippen LogP contribution is -2.53. The highest BCUT2D eigenvalue weighted by atomic mass is 16.7. The minimum atomic E-state index is -0.458. The van der Waals surface area contributed by atoms with Gasteiger partial charge in [0.15, 0.2) is 5.79 Å². The van der Waals surface area contributed by atoms with Gasteiger partial charge in [0.1, 0.15) is 0 Å². The summed E-state index contributed by atoms with van der Waals surface area (Å²) in [7, 11) is 0. The summed E-state index contributed by atoms with van der Waals surface area (Å²) in [6, 6.07) is 10.3. The van der Waals surface area contributed by atoms with Gasteiger partial charge in [-0.3, -0.25) is 0 Å². The Morgan fingerprint density at radius 2 is 1.75 bits per heavy atom. The summed E-state index contributed by atoms with van der Waals surface area (Å²) in [6.45, 7) is 13.1. The van der Waals surface area contributed by atoms with Crippen molar-refractivity contribution in [3.8, 4) is 0 Å². The van der Waals surface area contributed by atoms with Crippen LogP contribution >= 0.6 is 0 Å². The lowest BCUT2D eigenvalue weighted by atomic mass is 9.61. The molecule has 2 aliphatic carbocycles. The van der Waals surface area contributed by atoms with Gasteiger partial charge in [0.05, 0.1) is 43.7 Å². The highest BCUT2D eigenvalue weighted by Crippen LogP contribution is 2.60. The number of hydrogen-bond donors (Lipinski definition) is 1. The third-order valence-electron chi connectivity index (χ3n) is 8.93. The smallest absolute Gasteiger partial charge is 0.171 e. The lowest BCUT2D eigenvalue weighted by Gasteiger charge is -2.52. The molecule has 0 aromatic heterocycles. The van der Waals surface area contributed by atoms with Gasteiger partial charge in [-0.15, -0.1) is 0 Å². The van der Waals surface area contributed by atoms with Crippen LogP contribution in [-0.2, 0) is 25.6 Å². The van der Waals surface area contributed by atoms with E-state index in [1.165, 1.54) is 12.0 Å². The van der Waals surface area contributed by atoms with Crippen LogP contribution in [0.3, 0.4) is 0 Å². The molecule has 0 amide bonds. The van der Waals surface area contributed by atoms with Gasteiger partial charge in [-0.05, 0) is 96.0 Å². The maximum absolute atomic E-state index is 10.8. The predicted octanol–water partition coefficient (Wildman–Crippen LogP) is 6.66. The molecule has 0 radical (unpaired) electrons. The molecule has 3 aliphatic rings. The fourth-order valence-corrected chi connectivity index (χ4v) is 6.95. The Hall–Kier alpha value is -0.980. The van der Waals surface area contributed by atoms with Crippen molar-refractivity contribution in [3.63, 3.8) is 0 Å². The number of hydrogen-bond acceptors (Lipinski definition) is 5. The lowest BCUT2D eigenvalue weighted by molar-refractivity contribution is -0.251. The van der Waals surface area contributed by atoms with Crippen LogP contribution < -0.4 is 0 Å². The van der Waals surface area contributed by atoms with E-state index in [2.05, 4.69) is 46.8 Å². The minimum absolute atomic E-state index is 0.133. The number of aliphatic hydroxyl groups is 1. The van der Waals surface area contributed by atoms with Crippen molar-refractivity contribution in [2.45, 2.75) is 129 Å². The first-order chi connectivity index (χ1) is 17.1. The zero-order chi connectivity index (χ0) is 25.8. The maximum atomic E-state index is 10.8. The average molecular weight is 503 g/mol. The van der Waals surface area contributed by atoms with Crippen molar-refractivity contribution in [2.75, 3.05) is 13.2 Å². The van der Waals surface area contributed by atoms with Gasteiger partial charge in [-0.25, -0.2) is 0 Å². The van der Waals surface area contributed by atoms with Crippen molar-refractivity contribution in [1.82, 2.24) is 0 Å². The second kappa shape index (κ2) is 11.8. The first-order valence-corrected chi connectivity index (χ1v) is 14.4. The topological polar surface area (TPSA) is 57.2 Å². The molecule has 5 nitrogen and oxygen atoms in total. The molecule has 204 valence electrons. The van der Waals surface area contributed by atoms with Crippen molar-refractivity contribution in [2.24, 2.45) is 17.3 Å². The minimum Gasteiger partial charge on any atom is -0.393 e. The highest BCUT2D eigenvalue weighted by molar-refractivity contribution is 5.13. The van der Waals surface area contributed by atoms with Crippen LogP contribution in [0.15, 0.2) is 30.3 Å². The molecule has 3 fully saturated rings. The molecule has 2 saturated carbocycles. The molecule has 1 spiro atoms. The molecule has 1 N–H and O–H groups in total. The summed E-state index contributed by atoms with van der Waals surface area (Å²) in [4.78, 5) is 0. The summed E-state index contributed by atoms with van der Waals surface area (Å²) in [6.07, 6.45) is 8.99. The van der Waals surface area contributed by atoms with E-state index < -0.39 is 5.79 Å². The number of ether oxygens (including phenoxy) is 4. The third-order valence-corrected chi connectivity index (χ3v) is 8.93. The Balaban J connectivity index is 1.26. The van der Waals surface area contributed by atoms with Gasteiger partial charge in [-0.1, -0.05) is 37.3 Å². The molecule has 6 atom stereocenters. The summed E-state index contributed by atoms with van der Waals surface area (Å²) in [5, 5.41) is 10.8. The first kappa shape index (κ1) is 28.0. The molecule has 4 rings (SSSR count). The largest absolute Gasteiger partial charge is 0.393 e. The van der Waals surface area contributed by atoms with Crippen LogP contribution in [0, 0.1) is 17.3 Å². The van der Waals surface area contributed by atoms with Crippen LogP contribution in [0.5, 0.6) is 0 Å². The molecule has 36 heavy (non-hydrogen) atoms. The van der Waals surface area contributed by atoms with Crippen LogP contribution in [0.1, 0.15) is 98.0 Å². The van der Waals surface area contributed by atoms with Gasteiger partial charge in [0.2, 0.25) is 0 Å². The van der Waals surface area contributed by atoms with Crippen LogP contribution in [0.2, 0.25) is 0 Å². The van der Waals surface area contributed by atoms with Crippen LogP contribution in [0.25, 0.3) is 0 Å². The molecule has 1 aromatic rings. The molecule has 0 bridgehead atoms. The van der Waals surface area contributed by atoms with Crippen LogP contribution in [-0.4, -0.2) is 48.0 Å². The Bertz CT molecular complexity index is 799. The van der Waals surface area contributed by atoms with Crippen molar-refractivity contribution >= 4 is 0 Å². The van der Waals surface area contributed by atoms with E-state index in [1.807, 2.05) is 18.2 Å². The molecular formula is C31H50O5. The van der Waals surface area contributed by atoms with Crippen molar-refractivity contribution in [3.05, 3.63) is 35.9 Å². The monoisotopic (exact) mass is 502 g/mol. The third kappa shape index (κ3) is 6.91. The van der Waals surface area contributed by atoms with Crippen LogP contribution in [0.4, 0.5) is 0 Å². The van der Waals surface area contributed by atoms with E-state index in [1.54, 1.807) is 0 Å². The number of benzene rings is 1. The first-order valence-electron chi connectivity index (χ1n) is 14.4. The van der Waals surface area contributed by atoms with Crippen molar-refractivity contribution in [1.29, 1.82) is 0 Å². The number of aliphatic hydroxyl groups excluding tert-OH is 1. The number of fused-ring (bicyclic) bond motifs is 1. The SMILES string of the molecule is C[C@H](CCCC(O)CC[C@@H]1C[C@@]2(C)[C@@H](CC[C@@H]2OC(C)(C)C)CC12OCCO2)OCc1ccccc1. The summed E-state index contributed by atoms with van der Waals surface area (Å²) in [5.74, 6) is 0.412.